The molecule has 0 bridgehead atoms. The molecule has 1 unspecified atom stereocenters. The zero-order valence-corrected chi connectivity index (χ0v) is 8.11. The van der Waals surface area contributed by atoms with Crippen molar-refractivity contribution in [1.29, 1.82) is 5.26 Å². The van der Waals surface area contributed by atoms with Crippen molar-refractivity contribution in [3.05, 3.63) is 24.3 Å². The molecule has 1 aromatic carbocycles. The third kappa shape index (κ3) is 2.36. The molecule has 62 valence electrons. The minimum Gasteiger partial charge on any atom is -0.255 e. The molecule has 0 fully saturated rings. The van der Waals surface area contributed by atoms with E-state index in [-0.39, 0.29) is 0 Å². The van der Waals surface area contributed by atoms with E-state index in [1.54, 1.807) is 30.5 Å². The molecule has 0 saturated heterocycles. The zero-order chi connectivity index (χ0) is 8.97. The summed E-state index contributed by atoms with van der Waals surface area (Å²) in [4.78, 5) is 1.67. The number of thioether (sulfide) groups is 1. The lowest BCUT2D eigenvalue weighted by atomic mass is 10.4. The molecule has 0 spiro atoms. The monoisotopic (exact) mass is 197 g/mol. The first-order chi connectivity index (χ1) is 5.74. The summed E-state index contributed by atoms with van der Waals surface area (Å²) < 4.78 is 11.0. The van der Waals surface area contributed by atoms with Crippen molar-refractivity contribution in [1.82, 2.24) is 0 Å². The topological polar surface area (TPSA) is 40.9 Å². The summed E-state index contributed by atoms with van der Waals surface area (Å²) in [6.45, 7) is 0. The molecule has 0 aliphatic carbocycles. The molecule has 0 aromatic heterocycles. The minimum atomic E-state index is -0.933. The highest BCUT2D eigenvalue weighted by molar-refractivity contribution is 8.03. The van der Waals surface area contributed by atoms with Gasteiger partial charge in [-0.2, -0.15) is 5.26 Å². The fourth-order valence-electron chi connectivity index (χ4n) is 0.752. The van der Waals surface area contributed by atoms with Gasteiger partial charge in [0, 0.05) is 26.8 Å². The van der Waals surface area contributed by atoms with Crippen LogP contribution < -0.4 is 0 Å². The summed E-state index contributed by atoms with van der Waals surface area (Å²) in [6, 6.07) is 7.14. The Morgan fingerprint density at radius 3 is 2.42 bits per heavy atom. The molecule has 12 heavy (non-hydrogen) atoms. The summed E-state index contributed by atoms with van der Waals surface area (Å²) in [5, 5.41) is 10.3. The molecule has 0 radical (unpaired) electrons. The van der Waals surface area contributed by atoms with Gasteiger partial charge in [0.1, 0.15) is 5.40 Å². The van der Waals surface area contributed by atoms with E-state index in [0.717, 1.165) is 21.6 Å². The van der Waals surface area contributed by atoms with Crippen LogP contribution in [0, 0.1) is 10.7 Å². The van der Waals surface area contributed by atoms with E-state index < -0.39 is 10.8 Å². The van der Waals surface area contributed by atoms with Crippen molar-refractivity contribution < 1.29 is 4.21 Å². The maximum absolute atomic E-state index is 11.0. The SMILES string of the molecule is CS(=O)c1ccc(SC#N)cc1. The summed E-state index contributed by atoms with van der Waals surface area (Å²) in [5.41, 5.74) is 0. The molecule has 2 nitrogen and oxygen atoms in total. The molecule has 4 heteroatoms. The fraction of sp³-hybridized carbons (Fsp3) is 0.125. The molecule has 0 aliphatic rings. The number of hydrogen-bond donors (Lipinski definition) is 0. The lowest BCUT2D eigenvalue weighted by molar-refractivity contribution is 0.686. The largest absolute Gasteiger partial charge is 0.255 e. The average molecular weight is 197 g/mol. The van der Waals surface area contributed by atoms with Crippen molar-refractivity contribution >= 4 is 22.6 Å². The van der Waals surface area contributed by atoms with Gasteiger partial charge in [-0.3, -0.25) is 4.21 Å². The third-order valence-electron chi connectivity index (χ3n) is 1.32. The van der Waals surface area contributed by atoms with Crippen molar-refractivity contribution in [3.63, 3.8) is 0 Å². The molecule has 1 aromatic rings. The van der Waals surface area contributed by atoms with Crippen LogP contribution in [0.25, 0.3) is 0 Å². The molecular formula is C8H7NOS2. The Kier molecular flexibility index (Phi) is 3.32. The first kappa shape index (κ1) is 9.30. The van der Waals surface area contributed by atoms with E-state index in [4.69, 9.17) is 5.26 Å². The lowest BCUT2D eigenvalue weighted by Gasteiger charge is -1.96. The van der Waals surface area contributed by atoms with Crippen LogP contribution in [0.15, 0.2) is 34.1 Å². The van der Waals surface area contributed by atoms with Crippen LogP contribution in [-0.2, 0) is 10.8 Å². The van der Waals surface area contributed by atoms with Crippen molar-refractivity contribution in [3.8, 4) is 5.40 Å². The fourth-order valence-corrected chi connectivity index (χ4v) is 1.65. The van der Waals surface area contributed by atoms with Crippen LogP contribution in [0.1, 0.15) is 0 Å². The van der Waals surface area contributed by atoms with Gasteiger partial charge < -0.3 is 0 Å². The third-order valence-corrected chi connectivity index (χ3v) is 2.85. The van der Waals surface area contributed by atoms with Gasteiger partial charge in [-0.05, 0) is 36.0 Å². The van der Waals surface area contributed by atoms with Crippen molar-refractivity contribution in [2.75, 3.05) is 6.26 Å². The Bertz CT molecular complexity index is 326. The van der Waals surface area contributed by atoms with Gasteiger partial charge in [-0.15, -0.1) is 0 Å². The average Bonchev–Trinajstić information content (AvgIpc) is 2.06. The standard InChI is InChI=1S/C8H7NOS2/c1-12(10)8-4-2-7(3-5-8)11-6-9/h2-5H,1H3. The van der Waals surface area contributed by atoms with Crippen molar-refractivity contribution in [2.45, 2.75) is 9.79 Å². The lowest BCUT2D eigenvalue weighted by Crippen LogP contribution is -1.85. The van der Waals surface area contributed by atoms with E-state index >= 15 is 0 Å². The minimum absolute atomic E-state index is 0.789. The summed E-state index contributed by atoms with van der Waals surface area (Å²) in [5.74, 6) is 0. The summed E-state index contributed by atoms with van der Waals surface area (Å²) >= 11 is 1.10. The first-order valence-electron chi connectivity index (χ1n) is 3.23. The highest BCUT2D eigenvalue weighted by Crippen LogP contribution is 2.17. The highest BCUT2D eigenvalue weighted by Gasteiger charge is 1.96. The molecule has 0 N–H and O–H groups in total. The summed E-state index contributed by atoms with van der Waals surface area (Å²) in [7, 11) is -0.933. The zero-order valence-electron chi connectivity index (χ0n) is 6.48. The number of thiocyanates is 1. The second-order valence-corrected chi connectivity index (χ2v) is 4.36. The van der Waals surface area contributed by atoms with Crippen LogP contribution in [0.2, 0.25) is 0 Å². The van der Waals surface area contributed by atoms with E-state index in [1.807, 2.05) is 5.40 Å². The molecular weight excluding hydrogens is 190 g/mol. The molecule has 0 heterocycles. The first-order valence-corrected chi connectivity index (χ1v) is 5.61. The van der Waals surface area contributed by atoms with Crippen molar-refractivity contribution in [2.24, 2.45) is 0 Å². The van der Waals surface area contributed by atoms with Gasteiger partial charge in [0.05, 0.1) is 0 Å². The highest BCUT2D eigenvalue weighted by atomic mass is 32.2. The molecule has 0 saturated carbocycles. The Hall–Kier alpha value is -0.790. The van der Waals surface area contributed by atoms with Gasteiger partial charge in [-0.25, -0.2) is 0 Å². The van der Waals surface area contributed by atoms with Gasteiger partial charge in [0.2, 0.25) is 0 Å². The number of benzene rings is 1. The predicted octanol–water partition coefficient (Wildman–Crippen LogP) is 2.00. The van der Waals surface area contributed by atoms with Crippen LogP contribution in [0.5, 0.6) is 0 Å². The Balaban J connectivity index is 2.87. The summed E-state index contributed by atoms with van der Waals surface area (Å²) in [6.07, 6.45) is 1.63. The smallest absolute Gasteiger partial charge is 0.138 e. The predicted molar refractivity (Wildman–Crippen MR) is 50.2 cm³/mol. The molecule has 0 amide bonds. The van der Waals surface area contributed by atoms with Gasteiger partial charge in [0.25, 0.3) is 0 Å². The van der Waals surface area contributed by atoms with E-state index in [0.29, 0.717) is 0 Å². The van der Waals surface area contributed by atoms with Crippen LogP contribution in [-0.4, -0.2) is 10.5 Å². The number of nitriles is 1. The second-order valence-electron chi connectivity index (χ2n) is 2.12. The van der Waals surface area contributed by atoms with Gasteiger partial charge >= 0.3 is 0 Å². The molecule has 1 rings (SSSR count). The Labute approximate surface area is 78.1 Å². The van der Waals surface area contributed by atoms with Gasteiger partial charge in [0.15, 0.2) is 0 Å². The number of nitrogens with zero attached hydrogens (tertiary/aromatic N) is 1. The number of hydrogen-bond acceptors (Lipinski definition) is 3. The molecule has 0 aliphatic heterocycles. The Morgan fingerprint density at radius 1 is 1.42 bits per heavy atom. The van der Waals surface area contributed by atoms with Crippen LogP contribution in [0.3, 0.4) is 0 Å². The van der Waals surface area contributed by atoms with E-state index in [9.17, 15) is 4.21 Å². The normalized spacial score (nSPS) is 12.0. The van der Waals surface area contributed by atoms with Crippen LogP contribution in [0.4, 0.5) is 0 Å². The maximum Gasteiger partial charge on any atom is 0.138 e. The number of rotatable bonds is 2. The van der Waals surface area contributed by atoms with Crippen LogP contribution >= 0.6 is 11.8 Å². The maximum atomic E-state index is 11.0. The van der Waals surface area contributed by atoms with Gasteiger partial charge in [-0.1, -0.05) is 0 Å². The molecule has 1 atom stereocenters. The Morgan fingerprint density at radius 2 is 2.00 bits per heavy atom. The van der Waals surface area contributed by atoms with E-state index in [1.165, 1.54) is 0 Å². The van der Waals surface area contributed by atoms with E-state index in [2.05, 4.69) is 0 Å². The quantitative estimate of drug-likeness (QED) is 0.538. The second kappa shape index (κ2) is 4.29.